The van der Waals surface area contributed by atoms with Crippen LogP contribution in [-0.2, 0) is 15.0 Å². The lowest BCUT2D eigenvalue weighted by Crippen LogP contribution is -2.49. The number of anilines is 1. The first-order valence-corrected chi connectivity index (χ1v) is 9.25. The summed E-state index contributed by atoms with van der Waals surface area (Å²) in [6.45, 7) is 4.77. The molecule has 21 heavy (non-hydrogen) atoms. The summed E-state index contributed by atoms with van der Waals surface area (Å²) in [5.74, 6) is -0.307. The minimum atomic E-state index is -3.59. The second-order valence-electron chi connectivity index (χ2n) is 4.69. The molecular formula is C12H20N4O3S2. The van der Waals surface area contributed by atoms with Crippen molar-refractivity contribution in [1.82, 2.24) is 13.6 Å². The molecule has 1 fully saturated rings. The van der Waals surface area contributed by atoms with Crippen LogP contribution in [0.25, 0.3) is 0 Å². The van der Waals surface area contributed by atoms with Crippen molar-refractivity contribution >= 4 is 32.6 Å². The van der Waals surface area contributed by atoms with Crippen LogP contribution in [0.5, 0.6) is 0 Å². The van der Waals surface area contributed by atoms with E-state index >= 15 is 0 Å². The van der Waals surface area contributed by atoms with Crippen molar-refractivity contribution in [3.8, 4) is 0 Å². The topological polar surface area (TPSA) is 82.6 Å². The molecule has 0 spiro atoms. The summed E-state index contributed by atoms with van der Waals surface area (Å²) < 4.78 is 27.8. The third kappa shape index (κ3) is 3.42. The molecule has 1 aromatic rings. The van der Waals surface area contributed by atoms with E-state index < -0.39 is 16.3 Å². The zero-order valence-electron chi connectivity index (χ0n) is 12.2. The number of hydrogen-bond donors (Lipinski definition) is 1. The van der Waals surface area contributed by atoms with Gasteiger partial charge in [-0.1, -0.05) is 13.8 Å². The van der Waals surface area contributed by atoms with Gasteiger partial charge >= 0.3 is 0 Å². The van der Waals surface area contributed by atoms with Gasteiger partial charge in [-0.25, -0.2) is 4.98 Å². The Morgan fingerprint density at radius 2 is 2.24 bits per heavy atom. The number of rotatable bonds is 6. The molecule has 1 aliphatic rings. The van der Waals surface area contributed by atoms with E-state index in [1.54, 1.807) is 25.4 Å². The molecule has 118 valence electrons. The highest BCUT2D eigenvalue weighted by atomic mass is 32.2. The first kappa shape index (κ1) is 16.3. The zero-order chi connectivity index (χ0) is 15.5. The Labute approximate surface area is 129 Å². The number of amides is 1. The highest BCUT2D eigenvalue weighted by Gasteiger charge is 2.40. The van der Waals surface area contributed by atoms with E-state index in [9.17, 15) is 13.2 Å². The average molecular weight is 332 g/mol. The van der Waals surface area contributed by atoms with Gasteiger partial charge in [0.1, 0.15) is 6.04 Å². The van der Waals surface area contributed by atoms with Crippen LogP contribution in [0.4, 0.5) is 5.13 Å². The van der Waals surface area contributed by atoms with Crippen LogP contribution in [0.2, 0.25) is 0 Å². The van der Waals surface area contributed by atoms with Gasteiger partial charge in [-0.15, -0.1) is 11.3 Å². The van der Waals surface area contributed by atoms with Crippen LogP contribution in [0.15, 0.2) is 11.6 Å². The molecule has 1 aliphatic heterocycles. The summed E-state index contributed by atoms with van der Waals surface area (Å²) in [6, 6.07) is -0.653. The molecule has 1 amide bonds. The van der Waals surface area contributed by atoms with E-state index in [2.05, 4.69) is 10.3 Å². The molecule has 0 aromatic carbocycles. The third-order valence-corrected chi connectivity index (χ3v) is 6.38. The number of thiazole rings is 1. The number of hydrogen-bond acceptors (Lipinski definition) is 5. The van der Waals surface area contributed by atoms with Crippen molar-refractivity contribution in [3.05, 3.63) is 11.6 Å². The van der Waals surface area contributed by atoms with Gasteiger partial charge < -0.3 is 5.32 Å². The smallest absolute Gasteiger partial charge is 0.282 e. The maximum atomic E-state index is 12.6. The Morgan fingerprint density at radius 1 is 1.52 bits per heavy atom. The molecule has 1 saturated heterocycles. The quantitative estimate of drug-likeness (QED) is 0.846. The van der Waals surface area contributed by atoms with E-state index in [0.29, 0.717) is 37.6 Å². The molecule has 7 nitrogen and oxygen atoms in total. The monoisotopic (exact) mass is 332 g/mol. The molecule has 0 bridgehead atoms. The van der Waals surface area contributed by atoms with Crippen LogP contribution in [0, 0.1) is 0 Å². The predicted molar refractivity (Wildman–Crippen MR) is 82.3 cm³/mol. The summed E-state index contributed by atoms with van der Waals surface area (Å²) in [4.78, 5) is 16.3. The average Bonchev–Trinajstić information content (AvgIpc) is 3.10. The number of carbonyl (C=O) groups excluding carboxylic acids is 1. The van der Waals surface area contributed by atoms with Crippen molar-refractivity contribution < 1.29 is 13.2 Å². The Kier molecular flexibility index (Phi) is 5.31. The molecular weight excluding hydrogens is 312 g/mol. The first-order chi connectivity index (χ1) is 10.0. The van der Waals surface area contributed by atoms with Crippen molar-refractivity contribution in [2.24, 2.45) is 0 Å². The lowest BCUT2D eigenvalue weighted by atomic mass is 10.2. The molecule has 0 unspecified atom stereocenters. The van der Waals surface area contributed by atoms with Gasteiger partial charge in [0.15, 0.2) is 5.13 Å². The third-order valence-electron chi connectivity index (χ3n) is 3.50. The van der Waals surface area contributed by atoms with Crippen LogP contribution in [0.3, 0.4) is 0 Å². The van der Waals surface area contributed by atoms with E-state index in [1.807, 2.05) is 0 Å². The fourth-order valence-corrected chi connectivity index (χ4v) is 4.81. The zero-order valence-corrected chi connectivity index (χ0v) is 13.8. The predicted octanol–water partition coefficient (Wildman–Crippen LogP) is 1.13. The van der Waals surface area contributed by atoms with Crippen molar-refractivity contribution in [2.45, 2.75) is 32.7 Å². The van der Waals surface area contributed by atoms with Crippen LogP contribution in [0.1, 0.15) is 26.7 Å². The van der Waals surface area contributed by atoms with Gasteiger partial charge in [0, 0.05) is 31.2 Å². The first-order valence-electron chi connectivity index (χ1n) is 6.98. The largest absolute Gasteiger partial charge is 0.301 e. The summed E-state index contributed by atoms with van der Waals surface area (Å²) in [6.07, 6.45) is 2.83. The molecule has 1 aromatic heterocycles. The van der Waals surface area contributed by atoms with Gasteiger partial charge in [0.25, 0.3) is 10.2 Å². The number of carbonyl (C=O) groups is 1. The van der Waals surface area contributed by atoms with E-state index in [1.165, 1.54) is 19.9 Å². The van der Waals surface area contributed by atoms with Crippen LogP contribution >= 0.6 is 11.3 Å². The summed E-state index contributed by atoms with van der Waals surface area (Å²) in [5, 5.41) is 4.94. The summed E-state index contributed by atoms with van der Waals surface area (Å²) >= 11 is 1.31. The van der Waals surface area contributed by atoms with Gasteiger partial charge in [-0.3, -0.25) is 4.79 Å². The van der Waals surface area contributed by atoms with Crippen LogP contribution < -0.4 is 5.32 Å². The standard InChI is InChI=1S/C12H20N4O3S2/c1-3-15(4-2)21(18,19)16-8-5-6-10(16)11(17)14-12-13-7-9-20-12/h7,9-10H,3-6,8H2,1-2H3,(H,13,14,17)/t10-/m0/s1. The van der Waals surface area contributed by atoms with Gasteiger partial charge in [-0.2, -0.15) is 17.0 Å². The lowest BCUT2D eigenvalue weighted by molar-refractivity contribution is -0.119. The molecule has 0 saturated carbocycles. The highest BCUT2D eigenvalue weighted by molar-refractivity contribution is 7.86. The van der Waals surface area contributed by atoms with Crippen molar-refractivity contribution in [3.63, 3.8) is 0 Å². The van der Waals surface area contributed by atoms with E-state index in [4.69, 9.17) is 0 Å². The second-order valence-corrected chi connectivity index (χ2v) is 7.46. The maximum absolute atomic E-state index is 12.6. The normalized spacial score (nSPS) is 20.0. The van der Waals surface area contributed by atoms with Gasteiger partial charge in [0.05, 0.1) is 0 Å². The summed E-state index contributed by atoms with van der Waals surface area (Å²) in [7, 11) is -3.59. The minimum absolute atomic E-state index is 0.307. The van der Waals surface area contributed by atoms with Gasteiger partial charge in [0.2, 0.25) is 5.91 Å². The molecule has 0 aliphatic carbocycles. The Balaban J connectivity index is 2.14. The fraction of sp³-hybridized carbons (Fsp3) is 0.667. The molecule has 1 atom stereocenters. The molecule has 2 rings (SSSR count). The second kappa shape index (κ2) is 6.82. The maximum Gasteiger partial charge on any atom is 0.282 e. The molecule has 2 heterocycles. The Morgan fingerprint density at radius 3 is 2.81 bits per heavy atom. The SMILES string of the molecule is CCN(CC)S(=O)(=O)N1CCC[C@H]1C(=O)Nc1nccs1. The highest BCUT2D eigenvalue weighted by Crippen LogP contribution is 2.24. The van der Waals surface area contributed by atoms with Crippen molar-refractivity contribution in [1.29, 1.82) is 0 Å². The van der Waals surface area contributed by atoms with Crippen molar-refractivity contribution in [2.75, 3.05) is 25.0 Å². The Bertz CT molecular complexity index is 569. The molecule has 1 N–H and O–H groups in total. The number of nitrogens with one attached hydrogen (secondary N) is 1. The van der Waals surface area contributed by atoms with E-state index in [0.717, 1.165) is 0 Å². The molecule has 0 radical (unpaired) electrons. The minimum Gasteiger partial charge on any atom is -0.301 e. The van der Waals surface area contributed by atoms with Gasteiger partial charge in [-0.05, 0) is 12.8 Å². The Hall–Kier alpha value is -1.03. The van der Waals surface area contributed by atoms with Crippen LogP contribution in [-0.4, -0.2) is 53.6 Å². The summed E-state index contributed by atoms with van der Waals surface area (Å²) in [5.41, 5.74) is 0. The lowest BCUT2D eigenvalue weighted by Gasteiger charge is -2.28. The molecule has 9 heteroatoms. The number of aromatic nitrogens is 1. The number of nitrogens with zero attached hydrogens (tertiary/aromatic N) is 3. The van der Waals surface area contributed by atoms with E-state index in [-0.39, 0.29) is 5.91 Å². The fourth-order valence-electron chi connectivity index (χ4n) is 2.45.